The molecule has 1 aliphatic rings. The molecular formula is C21H22FN5O. The van der Waals surface area contributed by atoms with E-state index < -0.39 is 5.82 Å². The first kappa shape index (κ1) is 18.2. The number of likely N-dealkylation sites (tertiary alicyclic amines) is 1. The summed E-state index contributed by atoms with van der Waals surface area (Å²) >= 11 is 0. The van der Waals surface area contributed by atoms with E-state index in [9.17, 15) is 9.18 Å². The van der Waals surface area contributed by atoms with E-state index in [1.165, 1.54) is 6.07 Å². The fourth-order valence-corrected chi connectivity index (χ4v) is 3.63. The molecule has 0 saturated carbocycles. The zero-order valence-electron chi connectivity index (χ0n) is 15.5. The molecule has 144 valence electrons. The van der Waals surface area contributed by atoms with Crippen molar-refractivity contribution in [1.82, 2.24) is 19.4 Å². The largest absolute Gasteiger partial charge is 0.330 e. The van der Waals surface area contributed by atoms with Gasteiger partial charge in [-0.25, -0.2) is 14.2 Å². The van der Waals surface area contributed by atoms with Gasteiger partial charge in [-0.3, -0.25) is 4.98 Å². The standard InChI is InChI=1S/C21H22FN5O/c22-18-5-1-2-6-19(18)25-21(28)27-12-3-4-17(15-27)20-24-11-13-26(20)14-16-7-9-23-10-8-16/h1-2,5-11,13,17H,3-4,12,14-15H2,(H,25,28)/t17-/m0/s1. The van der Waals surface area contributed by atoms with Crippen LogP contribution >= 0.6 is 0 Å². The van der Waals surface area contributed by atoms with Crippen LogP contribution in [0.25, 0.3) is 0 Å². The van der Waals surface area contributed by atoms with Crippen molar-refractivity contribution in [3.05, 3.63) is 78.4 Å². The molecule has 3 heterocycles. The van der Waals surface area contributed by atoms with Crippen LogP contribution in [0.5, 0.6) is 0 Å². The topological polar surface area (TPSA) is 63.1 Å². The maximum absolute atomic E-state index is 13.8. The SMILES string of the molecule is O=C(Nc1ccccc1F)N1CCC[C@H](c2nccn2Cc2ccncc2)C1. The zero-order chi connectivity index (χ0) is 19.3. The van der Waals surface area contributed by atoms with Gasteiger partial charge in [0.2, 0.25) is 0 Å². The summed E-state index contributed by atoms with van der Waals surface area (Å²) in [4.78, 5) is 23.0. The van der Waals surface area contributed by atoms with Crippen LogP contribution in [-0.2, 0) is 6.54 Å². The molecule has 1 aromatic carbocycles. The van der Waals surface area contributed by atoms with E-state index in [1.807, 2.05) is 18.3 Å². The van der Waals surface area contributed by atoms with Crippen molar-refractivity contribution >= 4 is 11.7 Å². The predicted octanol–water partition coefficient (Wildman–Crippen LogP) is 3.88. The molecule has 0 unspecified atom stereocenters. The number of pyridine rings is 1. The number of rotatable bonds is 4. The Morgan fingerprint density at radius 1 is 1.18 bits per heavy atom. The summed E-state index contributed by atoms with van der Waals surface area (Å²) in [6, 6.07) is 9.90. The van der Waals surface area contributed by atoms with Crippen molar-refractivity contribution in [1.29, 1.82) is 0 Å². The number of urea groups is 1. The summed E-state index contributed by atoms with van der Waals surface area (Å²) < 4.78 is 15.9. The van der Waals surface area contributed by atoms with Crippen molar-refractivity contribution in [2.24, 2.45) is 0 Å². The lowest BCUT2D eigenvalue weighted by Gasteiger charge is -2.32. The summed E-state index contributed by atoms with van der Waals surface area (Å²) in [5.41, 5.74) is 1.35. The Bertz CT molecular complexity index is 943. The first-order valence-corrected chi connectivity index (χ1v) is 9.41. The Morgan fingerprint density at radius 3 is 2.82 bits per heavy atom. The van der Waals surface area contributed by atoms with E-state index >= 15 is 0 Å². The van der Waals surface area contributed by atoms with Gasteiger partial charge in [0, 0.05) is 50.3 Å². The summed E-state index contributed by atoms with van der Waals surface area (Å²) in [5.74, 6) is 0.689. The second-order valence-electron chi connectivity index (χ2n) is 6.96. The van der Waals surface area contributed by atoms with Gasteiger partial charge in [0.05, 0.1) is 5.69 Å². The van der Waals surface area contributed by atoms with Gasteiger partial charge in [0.15, 0.2) is 0 Å². The van der Waals surface area contributed by atoms with Crippen LogP contribution in [0.1, 0.15) is 30.1 Å². The van der Waals surface area contributed by atoms with E-state index in [-0.39, 0.29) is 17.6 Å². The number of imidazole rings is 1. The summed E-state index contributed by atoms with van der Waals surface area (Å²) in [6.07, 6.45) is 9.18. The Morgan fingerprint density at radius 2 is 2.00 bits per heavy atom. The number of carbonyl (C=O) groups is 1. The number of anilines is 1. The molecule has 2 amide bonds. The number of benzene rings is 1. The van der Waals surface area contributed by atoms with Crippen LogP contribution in [0.15, 0.2) is 61.2 Å². The van der Waals surface area contributed by atoms with Crippen LogP contribution in [-0.4, -0.2) is 38.6 Å². The Hall–Kier alpha value is -3.22. The van der Waals surface area contributed by atoms with Crippen LogP contribution in [0.3, 0.4) is 0 Å². The first-order chi connectivity index (χ1) is 13.7. The number of hydrogen-bond donors (Lipinski definition) is 1. The minimum Gasteiger partial charge on any atom is -0.330 e. The van der Waals surface area contributed by atoms with E-state index in [2.05, 4.69) is 19.9 Å². The molecule has 1 saturated heterocycles. The van der Waals surface area contributed by atoms with Crippen LogP contribution < -0.4 is 5.32 Å². The second-order valence-corrected chi connectivity index (χ2v) is 6.96. The van der Waals surface area contributed by atoms with Gasteiger partial charge in [-0.15, -0.1) is 0 Å². The van der Waals surface area contributed by atoms with E-state index in [4.69, 9.17) is 0 Å². The lowest BCUT2D eigenvalue weighted by Crippen LogP contribution is -2.42. The smallest absolute Gasteiger partial charge is 0.321 e. The summed E-state index contributed by atoms with van der Waals surface area (Å²) in [7, 11) is 0. The van der Waals surface area contributed by atoms with E-state index in [0.29, 0.717) is 13.1 Å². The molecule has 7 heteroatoms. The van der Waals surface area contributed by atoms with Crippen molar-refractivity contribution in [3.63, 3.8) is 0 Å². The number of nitrogens with one attached hydrogen (secondary N) is 1. The molecule has 1 fully saturated rings. The molecule has 4 rings (SSSR count). The molecule has 2 aromatic heterocycles. The summed E-state index contributed by atoms with van der Waals surface area (Å²) in [6.45, 7) is 1.94. The third-order valence-corrected chi connectivity index (χ3v) is 5.04. The molecule has 28 heavy (non-hydrogen) atoms. The molecule has 1 atom stereocenters. The number of nitrogens with zero attached hydrogens (tertiary/aromatic N) is 4. The van der Waals surface area contributed by atoms with Gasteiger partial charge in [0.1, 0.15) is 11.6 Å². The van der Waals surface area contributed by atoms with E-state index in [0.717, 1.165) is 30.8 Å². The highest BCUT2D eigenvalue weighted by atomic mass is 19.1. The number of halogens is 1. The minimum absolute atomic E-state index is 0.150. The summed E-state index contributed by atoms with van der Waals surface area (Å²) in [5, 5.41) is 2.68. The highest BCUT2D eigenvalue weighted by Crippen LogP contribution is 2.27. The van der Waals surface area contributed by atoms with Crippen LogP contribution in [0, 0.1) is 5.82 Å². The van der Waals surface area contributed by atoms with Gasteiger partial charge in [0.25, 0.3) is 0 Å². The second kappa shape index (κ2) is 8.21. The van der Waals surface area contributed by atoms with Crippen molar-refractivity contribution < 1.29 is 9.18 Å². The quantitative estimate of drug-likeness (QED) is 0.748. The van der Waals surface area contributed by atoms with Gasteiger partial charge in [-0.05, 0) is 42.7 Å². The molecule has 0 radical (unpaired) electrons. The van der Waals surface area contributed by atoms with E-state index in [1.54, 1.807) is 41.7 Å². The van der Waals surface area contributed by atoms with Crippen molar-refractivity contribution in [2.75, 3.05) is 18.4 Å². The minimum atomic E-state index is -0.433. The first-order valence-electron chi connectivity index (χ1n) is 9.41. The average molecular weight is 379 g/mol. The lowest BCUT2D eigenvalue weighted by atomic mass is 9.97. The van der Waals surface area contributed by atoms with Crippen molar-refractivity contribution in [3.8, 4) is 0 Å². The number of aromatic nitrogens is 3. The number of carbonyl (C=O) groups excluding carboxylic acids is 1. The van der Waals surface area contributed by atoms with Crippen molar-refractivity contribution in [2.45, 2.75) is 25.3 Å². The highest BCUT2D eigenvalue weighted by Gasteiger charge is 2.27. The average Bonchev–Trinajstić information content (AvgIpc) is 3.19. The molecule has 1 N–H and O–H groups in total. The molecule has 0 bridgehead atoms. The number of para-hydroxylation sites is 1. The molecular weight excluding hydrogens is 357 g/mol. The van der Waals surface area contributed by atoms with Gasteiger partial charge in [-0.1, -0.05) is 12.1 Å². The molecule has 0 spiro atoms. The maximum atomic E-state index is 13.8. The molecule has 6 nitrogen and oxygen atoms in total. The van der Waals surface area contributed by atoms with Gasteiger partial charge >= 0.3 is 6.03 Å². The van der Waals surface area contributed by atoms with Gasteiger partial charge in [-0.2, -0.15) is 0 Å². The van der Waals surface area contributed by atoms with Crippen LogP contribution in [0.4, 0.5) is 14.9 Å². The molecule has 1 aliphatic heterocycles. The maximum Gasteiger partial charge on any atom is 0.321 e. The fraction of sp³-hybridized carbons (Fsp3) is 0.286. The molecule has 3 aromatic rings. The monoisotopic (exact) mass is 379 g/mol. The normalized spacial score (nSPS) is 16.8. The number of piperidine rings is 1. The Balaban J connectivity index is 1.45. The fourth-order valence-electron chi connectivity index (χ4n) is 3.63. The molecule has 0 aliphatic carbocycles. The predicted molar refractivity (Wildman–Crippen MR) is 105 cm³/mol. The Labute approximate surface area is 163 Å². The third-order valence-electron chi connectivity index (χ3n) is 5.04. The van der Waals surface area contributed by atoms with Crippen LogP contribution in [0.2, 0.25) is 0 Å². The van der Waals surface area contributed by atoms with Gasteiger partial charge < -0.3 is 14.8 Å². The lowest BCUT2D eigenvalue weighted by molar-refractivity contribution is 0.190. The number of hydrogen-bond acceptors (Lipinski definition) is 3. The third kappa shape index (κ3) is 4.03. The zero-order valence-corrected chi connectivity index (χ0v) is 15.5. The number of amides is 2. The Kier molecular flexibility index (Phi) is 5.32. The highest BCUT2D eigenvalue weighted by molar-refractivity contribution is 5.89.